The smallest absolute Gasteiger partial charge is 0.305 e. The van der Waals surface area contributed by atoms with Gasteiger partial charge < -0.3 is 5.11 Å². The molecule has 1 aliphatic heterocycles. The second-order valence-electron chi connectivity index (χ2n) is 4.88. The lowest BCUT2D eigenvalue weighted by molar-refractivity contribution is -0.138. The summed E-state index contributed by atoms with van der Waals surface area (Å²) < 4.78 is 14.0. The molecule has 0 radical (unpaired) electrons. The van der Waals surface area contributed by atoms with Crippen molar-refractivity contribution in [3.63, 3.8) is 0 Å². The van der Waals surface area contributed by atoms with Crippen LogP contribution in [0, 0.1) is 5.82 Å². The zero-order chi connectivity index (χ0) is 13.8. The van der Waals surface area contributed by atoms with Crippen LogP contribution in [0.5, 0.6) is 0 Å². The molecule has 1 aromatic rings. The van der Waals surface area contributed by atoms with Gasteiger partial charge in [-0.25, -0.2) is 4.39 Å². The zero-order valence-corrected chi connectivity index (χ0v) is 12.2. The summed E-state index contributed by atoms with van der Waals surface area (Å²) in [5.74, 6) is -1.19. The van der Waals surface area contributed by atoms with Crippen LogP contribution >= 0.6 is 15.9 Å². The molecule has 1 aliphatic rings. The Morgan fingerprint density at radius 3 is 2.63 bits per heavy atom. The van der Waals surface area contributed by atoms with Gasteiger partial charge in [0.15, 0.2) is 0 Å². The second-order valence-corrected chi connectivity index (χ2v) is 5.74. The average Bonchev–Trinajstić information content (AvgIpc) is 2.40. The number of benzene rings is 1. The number of aliphatic carboxylic acids is 1. The van der Waals surface area contributed by atoms with E-state index < -0.39 is 5.97 Å². The lowest BCUT2D eigenvalue weighted by Crippen LogP contribution is -2.35. The Kier molecular flexibility index (Phi) is 4.93. The van der Waals surface area contributed by atoms with Crippen molar-refractivity contribution in [3.05, 3.63) is 34.1 Å². The van der Waals surface area contributed by atoms with Crippen molar-refractivity contribution < 1.29 is 14.3 Å². The Morgan fingerprint density at radius 1 is 1.37 bits per heavy atom. The minimum absolute atomic E-state index is 0.0150. The fourth-order valence-corrected chi connectivity index (χ4v) is 2.82. The van der Waals surface area contributed by atoms with Gasteiger partial charge in [-0.2, -0.15) is 0 Å². The molecule has 1 aromatic carbocycles. The summed E-state index contributed by atoms with van der Waals surface area (Å²) >= 11 is 3.12. The van der Waals surface area contributed by atoms with Gasteiger partial charge in [-0.1, -0.05) is 12.5 Å². The van der Waals surface area contributed by atoms with Crippen LogP contribution < -0.4 is 0 Å². The number of carbonyl (C=O) groups is 1. The van der Waals surface area contributed by atoms with E-state index in [1.54, 1.807) is 12.1 Å². The predicted molar refractivity (Wildman–Crippen MR) is 74.5 cm³/mol. The molecule has 2 rings (SSSR count). The van der Waals surface area contributed by atoms with Gasteiger partial charge in [0.05, 0.1) is 10.9 Å². The first-order valence-corrected chi connectivity index (χ1v) is 7.28. The van der Waals surface area contributed by atoms with Gasteiger partial charge in [0.1, 0.15) is 5.82 Å². The summed E-state index contributed by atoms with van der Waals surface area (Å²) in [4.78, 5) is 13.2. The second kappa shape index (κ2) is 6.48. The number of carboxylic acid groups (broad SMARTS) is 1. The quantitative estimate of drug-likeness (QED) is 0.917. The maximum Gasteiger partial charge on any atom is 0.305 e. The molecule has 104 valence electrons. The Bertz CT molecular complexity index is 461. The third-order valence-electron chi connectivity index (χ3n) is 3.53. The van der Waals surface area contributed by atoms with Crippen molar-refractivity contribution in [2.45, 2.75) is 31.7 Å². The molecular weight excluding hydrogens is 313 g/mol. The van der Waals surface area contributed by atoms with Crippen molar-refractivity contribution in [1.29, 1.82) is 0 Å². The van der Waals surface area contributed by atoms with Crippen LogP contribution in [-0.2, 0) is 4.79 Å². The first-order valence-electron chi connectivity index (χ1n) is 6.48. The topological polar surface area (TPSA) is 40.5 Å². The molecule has 1 unspecified atom stereocenters. The van der Waals surface area contributed by atoms with Gasteiger partial charge in [0, 0.05) is 6.04 Å². The van der Waals surface area contributed by atoms with Crippen molar-refractivity contribution in [2.75, 3.05) is 13.1 Å². The van der Waals surface area contributed by atoms with E-state index in [2.05, 4.69) is 20.8 Å². The number of halogens is 2. The Hall–Kier alpha value is -0.940. The van der Waals surface area contributed by atoms with Crippen LogP contribution in [-0.4, -0.2) is 29.1 Å². The van der Waals surface area contributed by atoms with Crippen LogP contribution in [0.3, 0.4) is 0 Å². The van der Waals surface area contributed by atoms with Crippen molar-refractivity contribution in [2.24, 2.45) is 0 Å². The SMILES string of the molecule is O=C(O)CC(c1ccc(Br)c(F)c1)N1CCCCC1. The largest absolute Gasteiger partial charge is 0.481 e. The van der Waals surface area contributed by atoms with Gasteiger partial charge in [-0.05, 0) is 59.6 Å². The van der Waals surface area contributed by atoms with Gasteiger partial charge in [0.2, 0.25) is 0 Å². The van der Waals surface area contributed by atoms with E-state index in [9.17, 15) is 9.18 Å². The molecule has 0 bridgehead atoms. The van der Waals surface area contributed by atoms with Crippen molar-refractivity contribution in [1.82, 2.24) is 4.90 Å². The molecule has 1 N–H and O–H groups in total. The summed E-state index contributed by atoms with van der Waals surface area (Å²) in [6.45, 7) is 1.77. The molecule has 1 heterocycles. The maximum absolute atomic E-state index is 13.6. The summed E-state index contributed by atoms with van der Waals surface area (Å²) in [6, 6.07) is 4.64. The Labute approximate surface area is 120 Å². The highest BCUT2D eigenvalue weighted by molar-refractivity contribution is 9.10. The third-order valence-corrected chi connectivity index (χ3v) is 4.17. The van der Waals surface area contributed by atoms with E-state index in [1.807, 2.05) is 0 Å². The summed E-state index contributed by atoms with van der Waals surface area (Å²) in [5, 5.41) is 9.07. The van der Waals surface area contributed by atoms with Crippen LogP contribution in [0.15, 0.2) is 22.7 Å². The summed E-state index contributed by atoms with van der Waals surface area (Å²) in [5.41, 5.74) is 0.741. The number of hydrogen-bond donors (Lipinski definition) is 1. The van der Waals surface area contributed by atoms with Gasteiger partial charge in [-0.15, -0.1) is 0 Å². The number of likely N-dealkylation sites (tertiary alicyclic amines) is 1. The molecule has 1 fully saturated rings. The third kappa shape index (κ3) is 3.76. The molecule has 3 nitrogen and oxygen atoms in total. The molecule has 0 amide bonds. The van der Waals surface area contributed by atoms with Crippen LogP contribution in [0.25, 0.3) is 0 Å². The minimum atomic E-state index is -0.848. The highest BCUT2D eigenvalue weighted by atomic mass is 79.9. The highest BCUT2D eigenvalue weighted by Gasteiger charge is 2.25. The Morgan fingerprint density at radius 2 is 2.05 bits per heavy atom. The first-order chi connectivity index (χ1) is 9.08. The van der Waals surface area contributed by atoms with E-state index in [0.717, 1.165) is 31.5 Å². The number of rotatable bonds is 4. The summed E-state index contributed by atoms with van der Waals surface area (Å²) in [7, 11) is 0. The fraction of sp³-hybridized carbons (Fsp3) is 0.500. The van der Waals surface area contributed by atoms with Gasteiger partial charge in [-0.3, -0.25) is 9.69 Å². The monoisotopic (exact) mass is 329 g/mol. The fourth-order valence-electron chi connectivity index (χ4n) is 2.57. The number of nitrogens with zero attached hydrogens (tertiary/aromatic N) is 1. The maximum atomic E-state index is 13.6. The molecule has 19 heavy (non-hydrogen) atoms. The number of piperidine rings is 1. The standard InChI is InChI=1S/C14H17BrFNO2/c15-11-5-4-10(8-12(11)16)13(9-14(18)19)17-6-2-1-3-7-17/h4-5,8,13H,1-3,6-7,9H2,(H,18,19). The average molecular weight is 330 g/mol. The van der Waals surface area contributed by atoms with Gasteiger partial charge in [0.25, 0.3) is 0 Å². The lowest BCUT2D eigenvalue weighted by atomic mass is 9.99. The van der Waals surface area contributed by atoms with Gasteiger partial charge >= 0.3 is 5.97 Å². The molecular formula is C14H17BrFNO2. The van der Waals surface area contributed by atoms with Crippen LogP contribution in [0.2, 0.25) is 0 Å². The molecule has 1 atom stereocenters. The van der Waals surface area contributed by atoms with E-state index in [0.29, 0.717) is 4.47 Å². The number of carboxylic acids is 1. The van der Waals surface area contributed by atoms with Crippen molar-refractivity contribution >= 4 is 21.9 Å². The molecule has 0 aliphatic carbocycles. The van der Waals surface area contributed by atoms with E-state index in [-0.39, 0.29) is 18.3 Å². The normalized spacial score (nSPS) is 18.2. The van der Waals surface area contributed by atoms with E-state index >= 15 is 0 Å². The minimum Gasteiger partial charge on any atom is -0.481 e. The van der Waals surface area contributed by atoms with Crippen molar-refractivity contribution in [3.8, 4) is 0 Å². The van der Waals surface area contributed by atoms with Crippen LogP contribution in [0.1, 0.15) is 37.3 Å². The summed E-state index contributed by atoms with van der Waals surface area (Å²) in [6.07, 6.45) is 3.36. The molecule has 1 saturated heterocycles. The Balaban J connectivity index is 2.24. The molecule has 0 saturated carbocycles. The molecule has 0 spiro atoms. The van der Waals surface area contributed by atoms with Crippen LogP contribution in [0.4, 0.5) is 4.39 Å². The molecule has 0 aromatic heterocycles. The zero-order valence-electron chi connectivity index (χ0n) is 10.6. The van der Waals surface area contributed by atoms with E-state index in [1.165, 1.54) is 12.5 Å². The molecule has 5 heteroatoms. The predicted octanol–water partition coefficient (Wildman–Crippen LogP) is 3.59. The first kappa shape index (κ1) is 14.5. The van der Waals surface area contributed by atoms with E-state index in [4.69, 9.17) is 5.11 Å². The highest BCUT2D eigenvalue weighted by Crippen LogP contribution is 2.29. The number of hydrogen-bond acceptors (Lipinski definition) is 2. The lowest BCUT2D eigenvalue weighted by Gasteiger charge is -2.34.